The fourth-order valence-corrected chi connectivity index (χ4v) is 2.59. The molecule has 1 aromatic rings. The molecule has 2 rings (SSSR count). The summed E-state index contributed by atoms with van der Waals surface area (Å²) in [4.78, 5) is 11.2. The summed E-state index contributed by atoms with van der Waals surface area (Å²) in [6.45, 7) is 3.24. The molecule has 1 aliphatic heterocycles. The zero-order chi connectivity index (χ0) is 19.4. The fraction of sp³-hybridized carbons (Fsp3) is 0.500. The van der Waals surface area contributed by atoms with Crippen molar-refractivity contribution in [3.05, 3.63) is 41.0 Å². The minimum absolute atomic E-state index is 0.0864. The predicted octanol–water partition coefficient (Wildman–Crippen LogP) is 0.0722. The summed E-state index contributed by atoms with van der Waals surface area (Å²) < 4.78 is 11.0. The van der Waals surface area contributed by atoms with Crippen molar-refractivity contribution in [3.8, 4) is 5.75 Å². The molecule has 1 heterocycles. The third-order valence-electron chi connectivity index (χ3n) is 4.13. The predicted molar refractivity (Wildman–Crippen MR) is 90.9 cm³/mol. The number of carboxylic acids is 1. The van der Waals surface area contributed by atoms with Crippen LogP contribution in [-0.4, -0.2) is 68.8 Å². The molecule has 0 bridgehead atoms. The highest BCUT2D eigenvalue weighted by Gasteiger charge is 2.44. The van der Waals surface area contributed by atoms with E-state index >= 15 is 0 Å². The van der Waals surface area contributed by atoms with Gasteiger partial charge in [-0.05, 0) is 44.0 Å². The molecular formula is C18H24O8. The van der Waals surface area contributed by atoms with Crippen LogP contribution in [0.4, 0.5) is 0 Å². The lowest BCUT2D eigenvalue weighted by Gasteiger charge is -2.39. The fourth-order valence-electron chi connectivity index (χ4n) is 2.59. The van der Waals surface area contributed by atoms with Gasteiger partial charge in [-0.2, -0.15) is 0 Å². The molecule has 5 N–H and O–H groups in total. The lowest BCUT2D eigenvalue weighted by Crippen LogP contribution is -2.60. The molecule has 0 amide bonds. The number of hydrogen-bond acceptors (Lipinski definition) is 7. The van der Waals surface area contributed by atoms with Crippen molar-refractivity contribution in [3.63, 3.8) is 0 Å². The van der Waals surface area contributed by atoms with Crippen molar-refractivity contribution >= 4 is 5.97 Å². The molecule has 0 saturated carbocycles. The first-order chi connectivity index (χ1) is 12.2. The van der Waals surface area contributed by atoms with Gasteiger partial charge in [-0.15, -0.1) is 0 Å². The second kappa shape index (κ2) is 8.61. The van der Waals surface area contributed by atoms with E-state index in [1.54, 1.807) is 0 Å². The zero-order valence-corrected chi connectivity index (χ0v) is 14.6. The largest absolute Gasteiger partial charge is 0.478 e. The maximum absolute atomic E-state index is 11.2. The minimum Gasteiger partial charge on any atom is -0.478 e. The smallest absolute Gasteiger partial charge is 0.335 e. The molecule has 0 spiro atoms. The van der Waals surface area contributed by atoms with E-state index < -0.39 is 43.3 Å². The van der Waals surface area contributed by atoms with Gasteiger partial charge in [0.15, 0.2) is 0 Å². The second-order valence-corrected chi connectivity index (χ2v) is 6.43. The van der Waals surface area contributed by atoms with Gasteiger partial charge in [-0.1, -0.05) is 11.6 Å². The average molecular weight is 368 g/mol. The van der Waals surface area contributed by atoms with Crippen molar-refractivity contribution in [1.82, 2.24) is 0 Å². The van der Waals surface area contributed by atoms with Crippen LogP contribution in [0.1, 0.15) is 29.8 Å². The van der Waals surface area contributed by atoms with Crippen molar-refractivity contribution in [2.75, 3.05) is 6.61 Å². The molecule has 144 valence electrons. The van der Waals surface area contributed by atoms with E-state index in [0.29, 0.717) is 12.0 Å². The summed E-state index contributed by atoms with van der Waals surface area (Å²) >= 11 is 0. The van der Waals surface area contributed by atoms with E-state index in [9.17, 15) is 25.2 Å². The average Bonchev–Trinajstić information content (AvgIpc) is 2.60. The first-order valence-electron chi connectivity index (χ1n) is 8.21. The Morgan fingerprint density at radius 3 is 2.46 bits per heavy atom. The van der Waals surface area contributed by atoms with Gasteiger partial charge in [-0.25, -0.2) is 4.79 Å². The van der Waals surface area contributed by atoms with Crippen molar-refractivity contribution in [2.24, 2.45) is 0 Å². The van der Waals surface area contributed by atoms with Crippen LogP contribution in [-0.2, 0) is 11.2 Å². The van der Waals surface area contributed by atoms with Crippen LogP contribution >= 0.6 is 0 Å². The van der Waals surface area contributed by atoms with Crippen LogP contribution in [0.5, 0.6) is 5.75 Å². The van der Waals surface area contributed by atoms with E-state index in [0.717, 1.165) is 5.57 Å². The summed E-state index contributed by atoms with van der Waals surface area (Å²) in [6, 6.07) is 4.26. The van der Waals surface area contributed by atoms with E-state index in [4.69, 9.17) is 14.6 Å². The Morgan fingerprint density at radius 2 is 1.88 bits per heavy atom. The van der Waals surface area contributed by atoms with Crippen LogP contribution in [0.3, 0.4) is 0 Å². The van der Waals surface area contributed by atoms with Crippen LogP contribution in [0.2, 0.25) is 0 Å². The zero-order valence-electron chi connectivity index (χ0n) is 14.6. The topological polar surface area (TPSA) is 137 Å². The quantitative estimate of drug-likeness (QED) is 0.445. The third kappa shape index (κ3) is 4.60. The molecule has 2 unspecified atom stereocenters. The third-order valence-corrected chi connectivity index (χ3v) is 4.13. The van der Waals surface area contributed by atoms with Crippen LogP contribution in [0.15, 0.2) is 29.8 Å². The monoisotopic (exact) mass is 368 g/mol. The van der Waals surface area contributed by atoms with Crippen LogP contribution in [0.25, 0.3) is 0 Å². The molecule has 5 atom stereocenters. The second-order valence-electron chi connectivity index (χ2n) is 6.43. The van der Waals surface area contributed by atoms with Gasteiger partial charge in [0.25, 0.3) is 0 Å². The molecule has 8 heteroatoms. The summed E-state index contributed by atoms with van der Waals surface area (Å²) in [6.07, 6.45) is -4.69. The molecule has 26 heavy (non-hydrogen) atoms. The number of aliphatic hydroxyl groups excluding tert-OH is 4. The van der Waals surface area contributed by atoms with Gasteiger partial charge in [0.2, 0.25) is 6.29 Å². The van der Waals surface area contributed by atoms with E-state index in [1.165, 1.54) is 18.2 Å². The Kier molecular flexibility index (Phi) is 6.74. The van der Waals surface area contributed by atoms with Crippen LogP contribution in [0, 0.1) is 0 Å². The lowest BCUT2D eigenvalue weighted by atomic mass is 9.99. The SMILES string of the molecule is CC(C)=CCc1cc(C(=O)O)ccc1O[C@@H]1OC(CO)[C@@H](O)C(O)[C@@H]1O. The lowest BCUT2D eigenvalue weighted by molar-refractivity contribution is -0.277. The van der Waals surface area contributed by atoms with E-state index in [1.807, 2.05) is 19.9 Å². The van der Waals surface area contributed by atoms with Gasteiger partial charge in [0, 0.05) is 0 Å². The summed E-state index contributed by atoms with van der Waals surface area (Å²) in [7, 11) is 0. The normalized spacial score (nSPS) is 28.5. The summed E-state index contributed by atoms with van der Waals surface area (Å²) in [5.41, 5.74) is 1.68. The number of aliphatic hydroxyl groups is 4. The Hall–Kier alpha value is -1.97. The van der Waals surface area contributed by atoms with E-state index in [2.05, 4.69) is 0 Å². The Balaban J connectivity index is 2.29. The van der Waals surface area contributed by atoms with Gasteiger partial charge in [0.05, 0.1) is 12.2 Å². The molecule has 1 aromatic carbocycles. The first-order valence-corrected chi connectivity index (χ1v) is 8.21. The van der Waals surface area contributed by atoms with Gasteiger partial charge >= 0.3 is 5.97 Å². The number of allylic oxidation sites excluding steroid dienone is 2. The number of hydrogen-bond donors (Lipinski definition) is 5. The summed E-state index contributed by atoms with van der Waals surface area (Å²) in [5.74, 6) is -0.806. The molecule has 8 nitrogen and oxygen atoms in total. The van der Waals surface area contributed by atoms with Gasteiger partial charge < -0.3 is 35.0 Å². The van der Waals surface area contributed by atoms with Gasteiger partial charge in [-0.3, -0.25) is 0 Å². The summed E-state index contributed by atoms with van der Waals surface area (Å²) in [5, 5.41) is 48.2. The maximum atomic E-state index is 11.2. The highest BCUT2D eigenvalue weighted by atomic mass is 16.7. The maximum Gasteiger partial charge on any atom is 0.335 e. The Bertz CT molecular complexity index is 665. The molecule has 1 saturated heterocycles. The highest BCUT2D eigenvalue weighted by molar-refractivity contribution is 5.88. The number of benzene rings is 1. The van der Waals surface area contributed by atoms with E-state index in [-0.39, 0.29) is 11.3 Å². The Morgan fingerprint density at radius 1 is 1.19 bits per heavy atom. The van der Waals surface area contributed by atoms with Gasteiger partial charge in [0.1, 0.15) is 30.2 Å². The van der Waals surface area contributed by atoms with Crippen molar-refractivity contribution in [1.29, 1.82) is 0 Å². The number of rotatable bonds is 6. The van der Waals surface area contributed by atoms with Crippen LogP contribution < -0.4 is 4.74 Å². The molecule has 1 fully saturated rings. The Labute approximate surface area is 150 Å². The minimum atomic E-state index is -1.55. The highest BCUT2D eigenvalue weighted by Crippen LogP contribution is 2.28. The number of ether oxygens (including phenoxy) is 2. The molecular weight excluding hydrogens is 344 g/mol. The molecule has 0 radical (unpaired) electrons. The standard InChI is InChI=1S/C18H24O8/c1-9(2)3-4-10-7-11(17(23)24)5-6-12(10)25-18-16(22)15(21)14(20)13(8-19)26-18/h3,5-7,13-16,18-22H,4,8H2,1-2H3,(H,23,24)/t13?,14-,15?,16+,18-/m1/s1. The number of aromatic carboxylic acids is 1. The van der Waals surface area contributed by atoms with Crippen molar-refractivity contribution in [2.45, 2.75) is 51.0 Å². The first kappa shape index (κ1) is 20.3. The molecule has 0 aromatic heterocycles. The molecule has 1 aliphatic rings. The van der Waals surface area contributed by atoms with Crippen molar-refractivity contribution < 1.29 is 39.8 Å². The number of carbonyl (C=O) groups is 1. The molecule has 0 aliphatic carbocycles. The number of carboxylic acid groups (broad SMARTS) is 1.